The molecule has 0 aliphatic carbocycles. The SMILES string of the molecule is CCCCCCCC/C=C\CCCCCCCCS(=O)(=O)Cl. The van der Waals surface area contributed by atoms with Crippen LogP contribution in [0.15, 0.2) is 12.2 Å². The van der Waals surface area contributed by atoms with Gasteiger partial charge in [-0.15, -0.1) is 0 Å². The number of rotatable bonds is 16. The van der Waals surface area contributed by atoms with Gasteiger partial charge in [0.05, 0.1) is 5.75 Å². The van der Waals surface area contributed by atoms with Gasteiger partial charge in [0.15, 0.2) is 0 Å². The van der Waals surface area contributed by atoms with Gasteiger partial charge in [-0.05, 0) is 32.1 Å². The summed E-state index contributed by atoms with van der Waals surface area (Å²) < 4.78 is 21.5. The Kier molecular flexibility index (Phi) is 15.8. The van der Waals surface area contributed by atoms with Gasteiger partial charge in [0.25, 0.3) is 0 Å². The molecule has 0 bridgehead atoms. The topological polar surface area (TPSA) is 34.1 Å². The molecule has 22 heavy (non-hydrogen) atoms. The molecule has 0 radical (unpaired) electrons. The summed E-state index contributed by atoms with van der Waals surface area (Å²) in [4.78, 5) is 0. The maximum Gasteiger partial charge on any atom is 0.232 e. The second-order valence-corrected chi connectivity index (χ2v) is 9.08. The molecule has 0 aliphatic rings. The largest absolute Gasteiger partial charge is 0.232 e. The normalized spacial score (nSPS) is 12.3. The number of unbranched alkanes of at least 4 members (excludes halogenated alkanes) is 12. The first-order valence-corrected chi connectivity index (χ1v) is 11.6. The zero-order valence-electron chi connectivity index (χ0n) is 14.4. The van der Waals surface area contributed by atoms with Gasteiger partial charge in [-0.3, -0.25) is 0 Å². The van der Waals surface area contributed by atoms with E-state index in [4.69, 9.17) is 10.7 Å². The molecule has 0 fully saturated rings. The Bertz CT molecular complexity index is 350. The molecule has 0 atom stereocenters. The van der Waals surface area contributed by atoms with Crippen LogP contribution in [0.1, 0.15) is 96.8 Å². The number of hydrogen-bond donors (Lipinski definition) is 0. The minimum atomic E-state index is -3.28. The summed E-state index contributed by atoms with van der Waals surface area (Å²) in [7, 11) is 1.88. The molecule has 0 spiro atoms. The highest BCUT2D eigenvalue weighted by atomic mass is 35.7. The van der Waals surface area contributed by atoms with Crippen LogP contribution in [0.4, 0.5) is 0 Å². The summed E-state index contributed by atoms with van der Waals surface area (Å²) in [6, 6.07) is 0. The average molecular weight is 351 g/mol. The Labute approximate surface area is 143 Å². The van der Waals surface area contributed by atoms with E-state index in [1.165, 1.54) is 70.6 Å². The Balaban J connectivity index is 3.14. The van der Waals surface area contributed by atoms with Crippen molar-refractivity contribution in [2.45, 2.75) is 96.8 Å². The van der Waals surface area contributed by atoms with Gasteiger partial charge in [0.2, 0.25) is 9.05 Å². The highest BCUT2D eigenvalue weighted by Gasteiger charge is 2.03. The minimum absolute atomic E-state index is 0.121. The average Bonchev–Trinajstić information content (AvgIpc) is 2.45. The summed E-state index contributed by atoms with van der Waals surface area (Å²) in [5.74, 6) is 0.121. The number of hydrogen-bond acceptors (Lipinski definition) is 2. The van der Waals surface area contributed by atoms with Crippen molar-refractivity contribution in [2.75, 3.05) is 5.75 Å². The molecular formula is C18H35ClO2S. The van der Waals surface area contributed by atoms with E-state index < -0.39 is 9.05 Å². The van der Waals surface area contributed by atoms with E-state index in [9.17, 15) is 8.42 Å². The van der Waals surface area contributed by atoms with E-state index in [0.29, 0.717) is 6.42 Å². The van der Waals surface area contributed by atoms with Gasteiger partial charge < -0.3 is 0 Å². The maximum absolute atomic E-state index is 10.7. The van der Waals surface area contributed by atoms with Gasteiger partial charge in [-0.1, -0.05) is 76.9 Å². The smallest absolute Gasteiger partial charge is 0.212 e. The van der Waals surface area contributed by atoms with Crippen molar-refractivity contribution in [1.82, 2.24) is 0 Å². The van der Waals surface area contributed by atoms with Crippen LogP contribution in [0, 0.1) is 0 Å². The van der Waals surface area contributed by atoms with E-state index >= 15 is 0 Å². The molecule has 0 aromatic heterocycles. The monoisotopic (exact) mass is 350 g/mol. The van der Waals surface area contributed by atoms with Crippen LogP contribution in [0.5, 0.6) is 0 Å². The lowest BCUT2D eigenvalue weighted by molar-refractivity contribution is 0.590. The highest BCUT2D eigenvalue weighted by Crippen LogP contribution is 2.11. The van der Waals surface area contributed by atoms with Crippen molar-refractivity contribution in [3.63, 3.8) is 0 Å². The zero-order chi connectivity index (χ0) is 16.5. The molecule has 0 aromatic carbocycles. The first-order chi connectivity index (χ1) is 10.6. The minimum Gasteiger partial charge on any atom is -0.212 e. The zero-order valence-corrected chi connectivity index (χ0v) is 15.9. The van der Waals surface area contributed by atoms with Crippen LogP contribution in [0.2, 0.25) is 0 Å². The summed E-state index contributed by atoms with van der Waals surface area (Å²) in [5, 5.41) is 0. The van der Waals surface area contributed by atoms with Gasteiger partial charge in [0, 0.05) is 10.7 Å². The van der Waals surface area contributed by atoms with Crippen molar-refractivity contribution >= 4 is 19.7 Å². The van der Waals surface area contributed by atoms with Crippen LogP contribution >= 0.6 is 10.7 Å². The fourth-order valence-electron chi connectivity index (χ4n) is 2.52. The molecule has 132 valence electrons. The van der Waals surface area contributed by atoms with Crippen LogP contribution in [-0.4, -0.2) is 14.2 Å². The first-order valence-electron chi connectivity index (χ1n) is 9.13. The quantitative estimate of drug-likeness (QED) is 0.179. The predicted molar refractivity (Wildman–Crippen MR) is 99.1 cm³/mol. The molecule has 0 N–H and O–H groups in total. The van der Waals surface area contributed by atoms with E-state index in [1.807, 2.05) is 0 Å². The summed E-state index contributed by atoms with van der Waals surface area (Å²) >= 11 is 0. The van der Waals surface area contributed by atoms with E-state index in [-0.39, 0.29) is 5.75 Å². The predicted octanol–water partition coefficient (Wildman–Crippen LogP) is 6.59. The number of halogens is 1. The lowest BCUT2D eigenvalue weighted by Crippen LogP contribution is -1.96. The second kappa shape index (κ2) is 15.9. The van der Waals surface area contributed by atoms with Crippen molar-refractivity contribution in [3.8, 4) is 0 Å². The van der Waals surface area contributed by atoms with Gasteiger partial charge in [-0.2, -0.15) is 0 Å². The first kappa shape index (κ1) is 22.0. The van der Waals surface area contributed by atoms with Crippen LogP contribution in [-0.2, 0) is 9.05 Å². The molecule has 0 saturated carbocycles. The Hall–Kier alpha value is -0.0200. The lowest BCUT2D eigenvalue weighted by atomic mass is 10.1. The molecule has 2 nitrogen and oxygen atoms in total. The van der Waals surface area contributed by atoms with Crippen LogP contribution in [0.25, 0.3) is 0 Å². The summed E-state index contributed by atoms with van der Waals surface area (Å²) in [6.07, 6.45) is 21.8. The molecule has 4 heteroatoms. The van der Waals surface area contributed by atoms with Crippen LogP contribution in [0.3, 0.4) is 0 Å². The standard InChI is InChI=1S/C18H35ClO2S/c1-2-3-4-5-6-7-8-9-10-11-12-13-14-15-16-17-18-22(19,20)21/h9-10H,2-8,11-18H2,1H3/b10-9-. The Morgan fingerprint density at radius 3 is 1.55 bits per heavy atom. The van der Waals surface area contributed by atoms with Crippen LogP contribution < -0.4 is 0 Å². The second-order valence-electron chi connectivity index (χ2n) is 6.18. The highest BCUT2D eigenvalue weighted by molar-refractivity contribution is 8.13. The molecule has 0 aliphatic heterocycles. The van der Waals surface area contributed by atoms with Crippen molar-refractivity contribution in [3.05, 3.63) is 12.2 Å². The summed E-state index contributed by atoms with van der Waals surface area (Å²) in [6.45, 7) is 2.26. The third-order valence-corrected chi connectivity index (χ3v) is 5.14. The molecule has 0 saturated heterocycles. The molecule has 0 unspecified atom stereocenters. The van der Waals surface area contributed by atoms with Crippen molar-refractivity contribution in [1.29, 1.82) is 0 Å². The van der Waals surface area contributed by atoms with Crippen molar-refractivity contribution < 1.29 is 8.42 Å². The molecule has 0 heterocycles. The molecule has 0 aromatic rings. The van der Waals surface area contributed by atoms with E-state index in [2.05, 4.69) is 19.1 Å². The third kappa shape index (κ3) is 20.0. The number of allylic oxidation sites excluding steroid dienone is 2. The fraction of sp³-hybridized carbons (Fsp3) is 0.889. The van der Waals surface area contributed by atoms with Gasteiger partial charge in [0.1, 0.15) is 0 Å². The third-order valence-electron chi connectivity index (χ3n) is 3.90. The molecular weight excluding hydrogens is 316 g/mol. The van der Waals surface area contributed by atoms with E-state index in [0.717, 1.165) is 12.8 Å². The Morgan fingerprint density at radius 1 is 0.682 bits per heavy atom. The Morgan fingerprint density at radius 2 is 1.09 bits per heavy atom. The molecule has 0 amide bonds. The fourth-order valence-corrected chi connectivity index (χ4v) is 3.40. The van der Waals surface area contributed by atoms with E-state index in [1.54, 1.807) is 0 Å². The lowest BCUT2D eigenvalue weighted by Gasteiger charge is -2.00. The van der Waals surface area contributed by atoms with Gasteiger partial charge in [-0.25, -0.2) is 8.42 Å². The van der Waals surface area contributed by atoms with Crippen molar-refractivity contribution in [2.24, 2.45) is 0 Å². The maximum atomic E-state index is 10.7. The molecule has 0 rings (SSSR count). The van der Waals surface area contributed by atoms with Gasteiger partial charge >= 0.3 is 0 Å². The summed E-state index contributed by atoms with van der Waals surface area (Å²) in [5.41, 5.74) is 0.